The fraction of sp³-hybridized carbons (Fsp3) is 0.364. The smallest absolute Gasteiger partial charge is 0.483 e. The summed E-state index contributed by atoms with van der Waals surface area (Å²) >= 11 is 0. The second kappa shape index (κ2) is 15.7. The van der Waals surface area contributed by atoms with Gasteiger partial charge in [-0.15, -0.1) is 13.2 Å². The Morgan fingerprint density at radius 2 is 1.48 bits per heavy atom. The summed E-state index contributed by atoms with van der Waals surface area (Å²) < 4.78 is 127. The molecule has 1 aliphatic heterocycles. The third kappa shape index (κ3) is 9.81. The number of halogens is 9. The van der Waals surface area contributed by atoms with Crippen LogP contribution in [0.3, 0.4) is 0 Å². The van der Waals surface area contributed by atoms with E-state index in [0.29, 0.717) is 18.4 Å². The minimum absolute atomic E-state index is 0.0115. The summed E-state index contributed by atoms with van der Waals surface area (Å²) in [7, 11) is 1.43. The van der Waals surface area contributed by atoms with Crippen molar-refractivity contribution in [3.63, 3.8) is 0 Å². The Balaban J connectivity index is 0.00000332. The van der Waals surface area contributed by atoms with E-state index < -0.39 is 65.6 Å². The molecule has 0 aliphatic carbocycles. The van der Waals surface area contributed by atoms with Gasteiger partial charge in [0.15, 0.2) is 6.61 Å². The maximum Gasteiger partial charge on any atom is 0.573 e. The molecular weight excluding hydrogens is 689 g/mol. The van der Waals surface area contributed by atoms with Crippen molar-refractivity contribution in [2.75, 3.05) is 38.6 Å². The monoisotopic (exact) mass is 721 g/mol. The van der Waals surface area contributed by atoms with Crippen LogP contribution in [-0.4, -0.2) is 73.6 Å². The molecule has 17 heteroatoms. The van der Waals surface area contributed by atoms with E-state index >= 15 is 0 Å². The zero-order valence-corrected chi connectivity index (χ0v) is 27.0. The number of hydrogen-bond donors (Lipinski definition) is 1. The lowest BCUT2D eigenvalue weighted by Gasteiger charge is -2.39. The number of aryl methyl sites for hydroxylation is 1. The molecule has 0 spiro atoms. The van der Waals surface area contributed by atoms with Crippen LogP contribution in [-0.2, 0) is 21.9 Å². The van der Waals surface area contributed by atoms with Gasteiger partial charge in [0, 0.05) is 32.4 Å². The van der Waals surface area contributed by atoms with Gasteiger partial charge in [-0.05, 0) is 72.1 Å². The summed E-state index contributed by atoms with van der Waals surface area (Å²) in [4.78, 5) is 41.0. The van der Waals surface area contributed by atoms with E-state index in [1.165, 1.54) is 37.1 Å². The molecule has 272 valence electrons. The highest BCUT2D eigenvalue weighted by molar-refractivity contribution is 6.02. The molecule has 8 nitrogen and oxygen atoms in total. The van der Waals surface area contributed by atoms with Crippen molar-refractivity contribution >= 4 is 23.8 Å². The van der Waals surface area contributed by atoms with Gasteiger partial charge in [-0.2, -0.15) is 26.3 Å². The molecule has 1 heterocycles. The number of anilines is 1. The van der Waals surface area contributed by atoms with Gasteiger partial charge >= 0.3 is 18.7 Å². The van der Waals surface area contributed by atoms with Crippen molar-refractivity contribution in [2.24, 2.45) is 0 Å². The molecule has 2 amide bonds. The van der Waals surface area contributed by atoms with Gasteiger partial charge in [0.05, 0.1) is 16.7 Å². The minimum atomic E-state index is -5.09. The lowest BCUT2D eigenvalue weighted by Crippen LogP contribution is -2.58. The van der Waals surface area contributed by atoms with Crippen LogP contribution in [0.1, 0.15) is 40.9 Å². The number of benzene rings is 3. The summed E-state index contributed by atoms with van der Waals surface area (Å²) in [6.07, 6.45) is -14.7. The average molecular weight is 722 g/mol. The number of aldehydes is 1. The Labute approximate surface area is 280 Å². The minimum Gasteiger partial charge on any atom is -0.483 e. The molecule has 1 saturated heterocycles. The molecule has 1 fully saturated rings. The van der Waals surface area contributed by atoms with E-state index in [9.17, 15) is 53.9 Å². The first-order chi connectivity index (χ1) is 23.3. The second-order valence-electron chi connectivity index (χ2n) is 10.6. The largest absolute Gasteiger partial charge is 0.573 e. The van der Waals surface area contributed by atoms with E-state index in [1.54, 1.807) is 0 Å². The Kier molecular flexibility index (Phi) is 12.4. The second-order valence-corrected chi connectivity index (χ2v) is 10.6. The normalized spacial score (nSPS) is 15.1. The van der Waals surface area contributed by atoms with Gasteiger partial charge in [0.2, 0.25) is 0 Å². The summed E-state index contributed by atoms with van der Waals surface area (Å²) in [6, 6.07) is 6.78. The van der Waals surface area contributed by atoms with Gasteiger partial charge < -0.3 is 29.4 Å². The molecule has 4 rings (SSSR count). The standard InChI is InChI=1S/C31H26F9N3O5.C2H6/c1-17-9-23(48-31(38,39)40)4-6-26(17)47-16-27(45)42-7-8-43(22(14-42)15-44)28(46)24-12-18(3-5-25(24)41-2)19-10-20(29(32,33)34)13-21(11-19)30(35,36)37;1-2/h3-6,9-13,15,22,41H,7-8,14,16H2,1-2H3;1-2H3. The first-order valence-electron chi connectivity index (χ1n) is 15.0. The van der Waals surface area contributed by atoms with Crippen LogP contribution in [0, 0.1) is 6.92 Å². The third-order valence-corrected chi connectivity index (χ3v) is 7.36. The molecule has 1 aliphatic rings. The Hall–Kier alpha value is -4.96. The highest BCUT2D eigenvalue weighted by atomic mass is 19.4. The summed E-state index contributed by atoms with van der Waals surface area (Å²) in [5.41, 5.74) is -3.38. The van der Waals surface area contributed by atoms with Crippen LogP contribution < -0.4 is 14.8 Å². The summed E-state index contributed by atoms with van der Waals surface area (Å²) in [5, 5.41) is 2.74. The Morgan fingerprint density at radius 1 is 0.860 bits per heavy atom. The molecule has 0 saturated carbocycles. The number of alkyl halides is 9. The van der Waals surface area contributed by atoms with Crippen molar-refractivity contribution in [2.45, 2.75) is 45.5 Å². The Bertz CT molecular complexity index is 1660. The number of carbonyl (C=O) groups is 3. The molecule has 0 bridgehead atoms. The van der Waals surface area contributed by atoms with E-state index in [4.69, 9.17) is 4.74 Å². The molecule has 3 aromatic rings. The van der Waals surface area contributed by atoms with Crippen LogP contribution >= 0.6 is 0 Å². The molecule has 1 N–H and O–H groups in total. The Morgan fingerprint density at radius 3 is 2.00 bits per heavy atom. The highest BCUT2D eigenvalue weighted by Crippen LogP contribution is 2.39. The van der Waals surface area contributed by atoms with Crippen LogP contribution in [0.4, 0.5) is 45.2 Å². The fourth-order valence-electron chi connectivity index (χ4n) is 5.01. The van der Waals surface area contributed by atoms with Gasteiger partial charge in [0.25, 0.3) is 11.8 Å². The molecule has 1 atom stereocenters. The first kappa shape index (κ1) is 39.5. The summed E-state index contributed by atoms with van der Waals surface area (Å²) in [5.74, 6) is -1.77. The lowest BCUT2D eigenvalue weighted by molar-refractivity contribution is -0.274. The average Bonchev–Trinajstić information content (AvgIpc) is 3.06. The number of carbonyl (C=O) groups excluding carboxylic acids is 3. The van der Waals surface area contributed by atoms with Crippen molar-refractivity contribution in [3.05, 3.63) is 76.9 Å². The van der Waals surface area contributed by atoms with Gasteiger partial charge in [-0.1, -0.05) is 19.9 Å². The molecule has 3 aromatic carbocycles. The molecular formula is C33H32F9N3O5. The molecule has 0 aromatic heterocycles. The van der Waals surface area contributed by atoms with Crippen molar-refractivity contribution in [1.82, 2.24) is 9.80 Å². The van der Waals surface area contributed by atoms with E-state index in [2.05, 4.69) is 10.1 Å². The van der Waals surface area contributed by atoms with Crippen LogP contribution in [0.15, 0.2) is 54.6 Å². The third-order valence-electron chi connectivity index (χ3n) is 7.36. The maximum absolute atomic E-state index is 13.7. The number of piperazine rings is 1. The lowest BCUT2D eigenvalue weighted by atomic mass is 9.96. The van der Waals surface area contributed by atoms with Crippen LogP contribution in [0.5, 0.6) is 11.5 Å². The number of nitrogens with zero attached hydrogens (tertiary/aromatic N) is 2. The van der Waals surface area contributed by atoms with Gasteiger partial charge in [-0.25, -0.2) is 0 Å². The maximum atomic E-state index is 13.7. The predicted molar refractivity (Wildman–Crippen MR) is 164 cm³/mol. The zero-order chi connectivity index (χ0) is 37.6. The molecule has 1 unspecified atom stereocenters. The first-order valence-corrected chi connectivity index (χ1v) is 15.0. The van der Waals surface area contributed by atoms with Crippen molar-refractivity contribution in [3.8, 4) is 22.6 Å². The SMILES string of the molecule is CC.CNc1ccc(-c2cc(C(F)(F)F)cc(C(F)(F)F)c2)cc1C(=O)N1CCN(C(=O)COc2ccc(OC(F)(F)F)cc2C)CC1C=O. The van der Waals surface area contributed by atoms with E-state index in [-0.39, 0.29) is 53.8 Å². The van der Waals surface area contributed by atoms with Crippen LogP contribution in [0.2, 0.25) is 0 Å². The number of ether oxygens (including phenoxy) is 2. The number of amides is 2. The van der Waals surface area contributed by atoms with E-state index in [0.717, 1.165) is 23.1 Å². The topological polar surface area (TPSA) is 88.2 Å². The zero-order valence-electron chi connectivity index (χ0n) is 27.0. The number of nitrogens with one attached hydrogen (secondary N) is 1. The predicted octanol–water partition coefficient (Wildman–Crippen LogP) is 7.60. The number of rotatable bonds is 8. The highest BCUT2D eigenvalue weighted by Gasteiger charge is 2.38. The summed E-state index contributed by atoms with van der Waals surface area (Å²) in [6.45, 7) is 4.36. The van der Waals surface area contributed by atoms with Crippen LogP contribution in [0.25, 0.3) is 11.1 Å². The van der Waals surface area contributed by atoms with E-state index in [1.807, 2.05) is 13.8 Å². The molecule has 0 radical (unpaired) electrons. The van der Waals surface area contributed by atoms with Gasteiger partial charge in [0.1, 0.15) is 23.8 Å². The van der Waals surface area contributed by atoms with Crippen molar-refractivity contribution in [1.29, 1.82) is 0 Å². The van der Waals surface area contributed by atoms with Gasteiger partial charge in [-0.3, -0.25) is 9.59 Å². The fourth-order valence-corrected chi connectivity index (χ4v) is 5.01. The quantitative estimate of drug-likeness (QED) is 0.191. The molecule has 50 heavy (non-hydrogen) atoms. The van der Waals surface area contributed by atoms with Crippen molar-refractivity contribution < 1.29 is 63.4 Å². The number of hydrogen-bond acceptors (Lipinski definition) is 6.